The molecule has 0 aliphatic carbocycles. The highest BCUT2D eigenvalue weighted by molar-refractivity contribution is 5.91. The first kappa shape index (κ1) is 14.7. The number of nitrogens with one attached hydrogen (secondary N) is 1. The lowest BCUT2D eigenvalue weighted by Gasteiger charge is -2.06. The van der Waals surface area contributed by atoms with Crippen LogP contribution >= 0.6 is 0 Å². The van der Waals surface area contributed by atoms with Crippen molar-refractivity contribution >= 4 is 17.3 Å². The Labute approximate surface area is 122 Å². The molecule has 0 saturated carbocycles. The van der Waals surface area contributed by atoms with Gasteiger partial charge in [0.1, 0.15) is 0 Å². The monoisotopic (exact) mass is 284 g/mol. The van der Waals surface area contributed by atoms with Crippen molar-refractivity contribution in [1.29, 1.82) is 0 Å². The third-order valence-corrected chi connectivity index (χ3v) is 3.17. The van der Waals surface area contributed by atoms with Crippen molar-refractivity contribution in [3.63, 3.8) is 0 Å². The van der Waals surface area contributed by atoms with Crippen molar-refractivity contribution in [2.45, 2.75) is 19.8 Å². The van der Waals surface area contributed by atoms with E-state index in [1.54, 1.807) is 19.1 Å². The summed E-state index contributed by atoms with van der Waals surface area (Å²) in [5.74, 6) is -0.156. The standard InChI is InChI=1S/C16H16N2O3/c1-12-7-9-14(11-15(12)18(20)21)17-16(19)10-8-13-5-3-2-4-6-13/h2-7,9,11H,8,10H2,1H3,(H,17,19). The lowest BCUT2D eigenvalue weighted by Crippen LogP contribution is -2.12. The molecule has 21 heavy (non-hydrogen) atoms. The van der Waals surface area contributed by atoms with E-state index in [-0.39, 0.29) is 11.6 Å². The Morgan fingerprint density at radius 3 is 2.57 bits per heavy atom. The van der Waals surface area contributed by atoms with Gasteiger partial charge in [-0.05, 0) is 25.0 Å². The fourth-order valence-electron chi connectivity index (χ4n) is 2.01. The molecule has 0 aromatic heterocycles. The zero-order chi connectivity index (χ0) is 15.2. The summed E-state index contributed by atoms with van der Waals surface area (Å²) < 4.78 is 0. The van der Waals surface area contributed by atoms with Crippen LogP contribution in [0.2, 0.25) is 0 Å². The van der Waals surface area contributed by atoms with Crippen LogP contribution in [0, 0.1) is 17.0 Å². The molecule has 0 spiro atoms. The summed E-state index contributed by atoms with van der Waals surface area (Å²) in [6.07, 6.45) is 0.978. The van der Waals surface area contributed by atoms with Crippen LogP contribution in [0.4, 0.5) is 11.4 Å². The molecule has 0 bridgehead atoms. The van der Waals surface area contributed by atoms with E-state index in [2.05, 4.69) is 5.32 Å². The Kier molecular flexibility index (Phi) is 4.66. The van der Waals surface area contributed by atoms with E-state index in [9.17, 15) is 14.9 Å². The van der Waals surface area contributed by atoms with E-state index in [1.807, 2.05) is 30.3 Å². The number of nitro benzene ring substituents is 1. The van der Waals surface area contributed by atoms with E-state index < -0.39 is 4.92 Å². The molecule has 0 radical (unpaired) electrons. The van der Waals surface area contributed by atoms with Crippen LogP contribution in [0.5, 0.6) is 0 Å². The largest absolute Gasteiger partial charge is 0.326 e. The highest BCUT2D eigenvalue weighted by atomic mass is 16.6. The second-order valence-electron chi connectivity index (χ2n) is 4.79. The molecule has 5 heteroatoms. The molecular formula is C16H16N2O3. The van der Waals surface area contributed by atoms with Crippen LogP contribution in [0.15, 0.2) is 48.5 Å². The van der Waals surface area contributed by atoms with Gasteiger partial charge in [0.2, 0.25) is 5.91 Å². The van der Waals surface area contributed by atoms with Crippen molar-refractivity contribution in [2.75, 3.05) is 5.32 Å². The van der Waals surface area contributed by atoms with Crippen molar-refractivity contribution in [3.05, 3.63) is 69.8 Å². The van der Waals surface area contributed by atoms with Crippen molar-refractivity contribution < 1.29 is 9.72 Å². The number of carbonyl (C=O) groups excluding carboxylic acids is 1. The number of carbonyl (C=O) groups is 1. The molecule has 0 heterocycles. The molecule has 1 N–H and O–H groups in total. The van der Waals surface area contributed by atoms with Crippen LogP contribution < -0.4 is 5.32 Å². The summed E-state index contributed by atoms with van der Waals surface area (Å²) in [5.41, 5.74) is 2.12. The first-order valence-electron chi connectivity index (χ1n) is 6.65. The van der Waals surface area contributed by atoms with Crippen LogP contribution in [0.25, 0.3) is 0 Å². The summed E-state index contributed by atoms with van der Waals surface area (Å²) in [6.45, 7) is 1.67. The van der Waals surface area contributed by atoms with Crippen LogP contribution in [0.1, 0.15) is 17.5 Å². The third kappa shape index (κ3) is 4.14. The molecule has 2 aromatic carbocycles. The summed E-state index contributed by atoms with van der Waals surface area (Å²) in [5, 5.41) is 13.6. The van der Waals surface area contributed by atoms with E-state index in [1.165, 1.54) is 6.07 Å². The zero-order valence-corrected chi connectivity index (χ0v) is 11.7. The summed E-state index contributed by atoms with van der Waals surface area (Å²) in [7, 11) is 0. The number of hydrogen-bond acceptors (Lipinski definition) is 3. The van der Waals surface area contributed by atoms with Gasteiger partial charge in [-0.25, -0.2) is 0 Å². The van der Waals surface area contributed by atoms with Crippen molar-refractivity contribution in [1.82, 2.24) is 0 Å². The minimum Gasteiger partial charge on any atom is -0.326 e. The van der Waals surface area contributed by atoms with E-state index in [4.69, 9.17) is 0 Å². The molecule has 0 fully saturated rings. The maximum absolute atomic E-state index is 11.9. The Bertz CT molecular complexity index is 654. The van der Waals surface area contributed by atoms with Crippen molar-refractivity contribution in [3.8, 4) is 0 Å². The molecule has 0 saturated heterocycles. The fraction of sp³-hybridized carbons (Fsp3) is 0.188. The molecule has 0 aliphatic rings. The van der Waals surface area contributed by atoms with Gasteiger partial charge in [-0.2, -0.15) is 0 Å². The highest BCUT2D eigenvalue weighted by Gasteiger charge is 2.12. The number of nitrogens with zero attached hydrogens (tertiary/aromatic N) is 1. The number of anilines is 1. The second-order valence-corrected chi connectivity index (χ2v) is 4.79. The average molecular weight is 284 g/mol. The number of amides is 1. The molecule has 5 nitrogen and oxygen atoms in total. The molecule has 0 atom stereocenters. The average Bonchev–Trinajstić information content (AvgIpc) is 2.48. The van der Waals surface area contributed by atoms with E-state index in [0.717, 1.165) is 5.56 Å². The Balaban J connectivity index is 1.97. The van der Waals surface area contributed by atoms with Gasteiger partial charge in [0.15, 0.2) is 0 Å². The molecule has 2 rings (SSSR count). The predicted octanol–water partition coefficient (Wildman–Crippen LogP) is 3.47. The SMILES string of the molecule is Cc1ccc(NC(=O)CCc2ccccc2)cc1[N+](=O)[O-]. The van der Waals surface area contributed by atoms with Crippen LogP contribution in [0.3, 0.4) is 0 Å². The number of rotatable bonds is 5. The maximum atomic E-state index is 11.9. The number of nitro groups is 1. The Morgan fingerprint density at radius 2 is 1.90 bits per heavy atom. The molecule has 1 amide bonds. The molecule has 108 valence electrons. The Morgan fingerprint density at radius 1 is 1.19 bits per heavy atom. The van der Waals surface area contributed by atoms with Gasteiger partial charge in [-0.15, -0.1) is 0 Å². The van der Waals surface area contributed by atoms with Gasteiger partial charge in [0, 0.05) is 23.7 Å². The van der Waals surface area contributed by atoms with Gasteiger partial charge < -0.3 is 5.32 Å². The van der Waals surface area contributed by atoms with Gasteiger partial charge in [-0.3, -0.25) is 14.9 Å². The topological polar surface area (TPSA) is 72.2 Å². The summed E-state index contributed by atoms with van der Waals surface area (Å²) in [4.78, 5) is 22.3. The predicted molar refractivity (Wildman–Crippen MR) is 81.2 cm³/mol. The van der Waals surface area contributed by atoms with Gasteiger partial charge in [-0.1, -0.05) is 36.4 Å². The maximum Gasteiger partial charge on any atom is 0.274 e. The lowest BCUT2D eigenvalue weighted by atomic mass is 10.1. The van der Waals surface area contributed by atoms with Crippen LogP contribution in [-0.2, 0) is 11.2 Å². The fourth-order valence-corrected chi connectivity index (χ4v) is 2.01. The summed E-state index contributed by atoms with van der Waals surface area (Å²) in [6, 6.07) is 14.4. The third-order valence-electron chi connectivity index (χ3n) is 3.17. The van der Waals surface area contributed by atoms with E-state index in [0.29, 0.717) is 24.1 Å². The number of aryl methyl sites for hydroxylation is 2. The Hall–Kier alpha value is -2.69. The first-order chi connectivity index (χ1) is 10.1. The molecular weight excluding hydrogens is 268 g/mol. The van der Waals surface area contributed by atoms with Crippen LogP contribution in [-0.4, -0.2) is 10.8 Å². The van der Waals surface area contributed by atoms with Gasteiger partial charge in [0.25, 0.3) is 5.69 Å². The first-order valence-corrected chi connectivity index (χ1v) is 6.65. The normalized spacial score (nSPS) is 10.1. The van der Waals surface area contributed by atoms with Crippen molar-refractivity contribution in [2.24, 2.45) is 0 Å². The second kappa shape index (κ2) is 6.65. The van der Waals surface area contributed by atoms with E-state index >= 15 is 0 Å². The molecule has 2 aromatic rings. The number of benzene rings is 2. The lowest BCUT2D eigenvalue weighted by molar-refractivity contribution is -0.385. The summed E-state index contributed by atoms with van der Waals surface area (Å²) >= 11 is 0. The molecule has 0 unspecified atom stereocenters. The minimum atomic E-state index is -0.449. The zero-order valence-electron chi connectivity index (χ0n) is 11.7. The number of hydrogen-bond donors (Lipinski definition) is 1. The molecule has 0 aliphatic heterocycles. The minimum absolute atomic E-state index is 0.0101. The van der Waals surface area contributed by atoms with Gasteiger partial charge >= 0.3 is 0 Å². The quantitative estimate of drug-likeness (QED) is 0.675. The smallest absolute Gasteiger partial charge is 0.274 e. The van der Waals surface area contributed by atoms with Gasteiger partial charge in [0.05, 0.1) is 4.92 Å². The highest BCUT2D eigenvalue weighted by Crippen LogP contribution is 2.22.